The Morgan fingerprint density at radius 1 is 0.737 bits per heavy atom. The van der Waals surface area contributed by atoms with Gasteiger partial charge >= 0.3 is 17.1 Å². The van der Waals surface area contributed by atoms with Gasteiger partial charge in [0.2, 0.25) is 0 Å². The summed E-state index contributed by atoms with van der Waals surface area (Å²) in [5, 5.41) is 0. The molecule has 0 amide bonds. The molecule has 19 heavy (non-hydrogen) atoms. The molecule has 0 saturated heterocycles. The van der Waals surface area contributed by atoms with Crippen molar-refractivity contribution in [2.24, 2.45) is 0 Å². The average Bonchev–Trinajstić information content (AvgIpc) is 3.09. The van der Waals surface area contributed by atoms with Crippen molar-refractivity contribution in [3.05, 3.63) is 59.7 Å². The van der Waals surface area contributed by atoms with Gasteiger partial charge in [0, 0.05) is 14.2 Å². The summed E-state index contributed by atoms with van der Waals surface area (Å²) >= 11 is 0. The van der Waals surface area contributed by atoms with Crippen LogP contribution in [0.25, 0.3) is 0 Å². The van der Waals surface area contributed by atoms with E-state index in [4.69, 9.17) is 0 Å². The van der Waals surface area contributed by atoms with Crippen molar-refractivity contribution in [3.63, 3.8) is 0 Å². The summed E-state index contributed by atoms with van der Waals surface area (Å²) in [6.07, 6.45) is 0. The maximum absolute atomic E-state index is 10.5. The van der Waals surface area contributed by atoms with E-state index in [1.807, 2.05) is 0 Å². The van der Waals surface area contributed by atoms with Gasteiger partial charge in [0.25, 0.3) is 0 Å². The van der Waals surface area contributed by atoms with E-state index in [0.717, 1.165) is 0 Å². The van der Waals surface area contributed by atoms with Crippen molar-refractivity contribution in [3.8, 4) is 0 Å². The maximum atomic E-state index is 10.5. The smallest absolute Gasteiger partial charge is 0.886 e. The second-order valence-electron chi connectivity index (χ2n) is 2.73. The van der Waals surface area contributed by atoms with Gasteiger partial charge in [0.05, 0.1) is 0 Å². The normalized spacial score (nSPS) is 8.53. The molecule has 0 radical (unpaired) electrons. The minimum Gasteiger partial charge on any atom is -0.886 e. The van der Waals surface area contributed by atoms with Crippen molar-refractivity contribution in [1.82, 2.24) is 0 Å². The Balaban J connectivity index is 0.000000324. The van der Waals surface area contributed by atoms with Crippen molar-refractivity contribution in [2.75, 3.05) is 14.2 Å². The molecule has 2 rings (SSSR count). The largest absolute Gasteiger partial charge is 2.00 e. The van der Waals surface area contributed by atoms with Gasteiger partial charge in [-0.3, -0.25) is 0 Å². The summed E-state index contributed by atoms with van der Waals surface area (Å²) in [6.45, 7) is 0. The average molecular weight is 294 g/mol. The molecule has 0 aliphatic rings. The van der Waals surface area contributed by atoms with Gasteiger partial charge in [-0.15, -0.1) is 0 Å². The molecular weight excluding hydrogens is 288 g/mol. The minimum atomic E-state index is -0.451. The predicted molar refractivity (Wildman–Crippen MR) is 57.4 cm³/mol. The van der Waals surface area contributed by atoms with E-state index < -0.39 is 11.9 Å². The van der Waals surface area contributed by atoms with E-state index in [1.54, 1.807) is 0 Å². The molecule has 0 aromatic heterocycles. The molecule has 5 heteroatoms. The standard InChI is InChI=1S/2C7H3O2.Fe/c2*1-9-7(8)6-4-2-3-5-6;/h2*1H3;/q2*-5;+2. The zero-order valence-electron chi connectivity index (χ0n) is 9.99. The van der Waals surface area contributed by atoms with Gasteiger partial charge in [0.1, 0.15) is 0 Å². The first-order valence-corrected chi connectivity index (χ1v) is 4.63. The zero-order valence-corrected chi connectivity index (χ0v) is 11.1. The second kappa shape index (κ2) is 9.14. The van der Waals surface area contributed by atoms with Crippen molar-refractivity contribution in [2.45, 2.75) is 0 Å². The first-order valence-electron chi connectivity index (χ1n) is 4.63. The van der Waals surface area contributed by atoms with Gasteiger partial charge in [-0.1, -0.05) is 11.9 Å². The van der Waals surface area contributed by atoms with E-state index in [9.17, 15) is 9.59 Å². The van der Waals surface area contributed by atoms with Crippen LogP contribution < -0.4 is 0 Å². The van der Waals surface area contributed by atoms with Crippen LogP contribution in [0.5, 0.6) is 0 Å². The summed E-state index contributed by atoms with van der Waals surface area (Å²) in [5.41, 5.74) is 0.495. The van der Waals surface area contributed by atoms with Crippen LogP contribution in [-0.4, -0.2) is 26.2 Å². The number of carbonyl (C=O) groups is 2. The van der Waals surface area contributed by atoms with Gasteiger partial charge in [-0.2, -0.15) is 0 Å². The quantitative estimate of drug-likeness (QED) is 0.467. The predicted octanol–water partition coefficient (Wildman–Crippen LogP) is 0.783. The van der Waals surface area contributed by atoms with Crippen molar-refractivity contribution < 1.29 is 36.1 Å². The Morgan fingerprint density at radius 3 is 1.21 bits per heavy atom. The van der Waals surface area contributed by atoms with E-state index in [2.05, 4.69) is 58.0 Å². The molecule has 4 nitrogen and oxygen atoms in total. The summed E-state index contributed by atoms with van der Waals surface area (Å²) in [7, 11) is 2.61. The molecule has 0 spiro atoms. The monoisotopic (exact) mass is 294 g/mol. The van der Waals surface area contributed by atoms with Gasteiger partial charge in [-0.05, 0) is 0 Å². The van der Waals surface area contributed by atoms with Gasteiger partial charge < -0.3 is 78.7 Å². The van der Waals surface area contributed by atoms with E-state index in [-0.39, 0.29) is 28.2 Å². The van der Waals surface area contributed by atoms with Crippen LogP contribution in [-0.2, 0) is 26.5 Å². The van der Waals surface area contributed by atoms with Crippen LogP contribution in [0.3, 0.4) is 0 Å². The van der Waals surface area contributed by atoms with Crippen LogP contribution in [0.2, 0.25) is 0 Å². The molecule has 0 unspecified atom stereocenters. The molecule has 0 aliphatic carbocycles. The van der Waals surface area contributed by atoms with Gasteiger partial charge in [0.15, 0.2) is 0 Å². The van der Waals surface area contributed by atoms with Crippen molar-refractivity contribution >= 4 is 11.9 Å². The van der Waals surface area contributed by atoms with E-state index >= 15 is 0 Å². The van der Waals surface area contributed by atoms with Crippen LogP contribution in [0.15, 0.2) is 0 Å². The number of ether oxygens (including phenoxy) is 2. The Bertz CT molecular complexity index is 425. The number of esters is 2. The van der Waals surface area contributed by atoms with Gasteiger partial charge in [-0.25, -0.2) is 0 Å². The fraction of sp³-hybridized carbons (Fsp3) is 0.143. The summed E-state index contributed by atoms with van der Waals surface area (Å²) < 4.78 is 8.71. The van der Waals surface area contributed by atoms with Crippen LogP contribution in [0.4, 0.5) is 0 Å². The Labute approximate surface area is 122 Å². The zero-order chi connectivity index (χ0) is 13.4. The van der Waals surface area contributed by atoms with Crippen LogP contribution in [0.1, 0.15) is 20.7 Å². The molecule has 0 heterocycles. The third kappa shape index (κ3) is 5.55. The molecule has 0 N–H and O–H groups in total. The van der Waals surface area contributed by atoms with E-state index in [1.165, 1.54) is 14.2 Å². The Kier molecular flexibility index (Phi) is 8.25. The minimum absolute atomic E-state index is 0. The van der Waals surface area contributed by atoms with Crippen LogP contribution >= 0.6 is 0 Å². The molecule has 2 aromatic carbocycles. The first kappa shape index (κ1) is 17.2. The summed E-state index contributed by atoms with van der Waals surface area (Å²) in [5.74, 6) is -0.903. The third-order valence-corrected chi connectivity index (χ3v) is 1.65. The molecule has 0 fully saturated rings. The fourth-order valence-corrected chi connectivity index (χ4v) is 0.846. The summed E-state index contributed by atoms with van der Waals surface area (Å²) in [4.78, 5) is 21.1. The van der Waals surface area contributed by atoms with Crippen molar-refractivity contribution in [1.29, 1.82) is 0 Å². The maximum Gasteiger partial charge on any atom is 2.00 e. The molecule has 0 aliphatic heterocycles. The van der Waals surface area contributed by atoms with E-state index in [0.29, 0.717) is 0 Å². The number of hydrogen-bond donors (Lipinski definition) is 0. The molecular formula is C14H6FeO4-8. The second-order valence-corrected chi connectivity index (χ2v) is 2.73. The summed E-state index contributed by atoms with van der Waals surface area (Å²) in [6, 6.07) is 19.7. The number of methoxy groups -OCH3 is 2. The fourth-order valence-electron chi connectivity index (χ4n) is 0.846. The molecule has 102 valence electrons. The third-order valence-electron chi connectivity index (χ3n) is 1.65. The number of rotatable bonds is 2. The Hall–Kier alpha value is -1.84. The molecule has 0 saturated carbocycles. The molecule has 0 bridgehead atoms. The number of hydrogen-bond acceptors (Lipinski definition) is 4. The molecule has 0 atom stereocenters. The first-order chi connectivity index (χ1) is 8.69. The van der Waals surface area contributed by atoms with Crippen LogP contribution in [0, 0.1) is 48.5 Å². The SMILES string of the molecule is COC(=O)[c-]1[c-][c-][c-][c-]1.COC(=O)[c-]1[c-][c-][c-][c-]1.[Fe+2]. The number of carbonyl (C=O) groups excluding carboxylic acids is 2. The molecule has 2 aromatic rings. The topological polar surface area (TPSA) is 52.6 Å². The Morgan fingerprint density at radius 2 is 1.00 bits per heavy atom.